The summed E-state index contributed by atoms with van der Waals surface area (Å²) < 4.78 is 50.8. The molecule has 6 aromatic carbocycles. The zero-order valence-electron chi connectivity index (χ0n) is 38.9. The number of carbonyl (C=O) groups excluding carboxylic acids is 1. The molecule has 9 rings (SSSR count). The fourth-order valence-electron chi connectivity index (χ4n) is 9.36. The van der Waals surface area contributed by atoms with E-state index in [-0.39, 0.29) is 54.5 Å². The molecule has 0 unspecified atom stereocenters. The van der Waals surface area contributed by atoms with Gasteiger partial charge < -0.3 is 9.52 Å². The summed E-state index contributed by atoms with van der Waals surface area (Å²) >= 11 is 0. The molecule has 0 spiro atoms. The minimum atomic E-state index is -4.62. The van der Waals surface area contributed by atoms with Crippen molar-refractivity contribution in [3.05, 3.63) is 163 Å². The number of rotatable bonds is 9. The van der Waals surface area contributed by atoms with Gasteiger partial charge in [-0.15, -0.1) is 29.1 Å². The van der Waals surface area contributed by atoms with Gasteiger partial charge in [0.25, 0.3) is 0 Å². The first kappa shape index (κ1) is 48.8. The molecule has 0 atom stereocenters. The van der Waals surface area contributed by atoms with Crippen LogP contribution in [0, 0.1) is 17.9 Å². The van der Waals surface area contributed by atoms with Gasteiger partial charge in [-0.25, -0.2) is 0 Å². The van der Waals surface area contributed by atoms with E-state index in [2.05, 4.69) is 68.2 Å². The molecule has 2 heterocycles. The molecule has 1 aliphatic rings. The smallest absolute Gasteiger partial charge is 0.418 e. The van der Waals surface area contributed by atoms with Gasteiger partial charge in [-0.05, 0) is 82.2 Å². The summed E-state index contributed by atoms with van der Waals surface area (Å²) in [4.78, 5) is 16.1. The molecule has 67 heavy (non-hydrogen) atoms. The summed E-state index contributed by atoms with van der Waals surface area (Å²) in [5.74, 6) is 1.23. The van der Waals surface area contributed by atoms with E-state index in [1.165, 1.54) is 12.1 Å². The quantitative estimate of drug-likeness (QED) is 0.0889. The van der Waals surface area contributed by atoms with Crippen LogP contribution in [0.4, 0.5) is 13.2 Å². The van der Waals surface area contributed by atoms with E-state index in [4.69, 9.17) is 4.42 Å². The Kier molecular flexibility index (Phi) is 14.6. The fourth-order valence-corrected chi connectivity index (χ4v) is 9.36. The van der Waals surface area contributed by atoms with Crippen LogP contribution in [0.15, 0.2) is 150 Å². The van der Waals surface area contributed by atoms with Crippen molar-refractivity contribution in [2.45, 2.75) is 85.7 Å². The number of pyridine rings is 1. The maximum absolute atomic E-state index is 14.7. The molecule has 8 heteroatoms. The molecule has 0 fully saturated rings. The minimum Gasteiger partial charge on any atom is -0.512 e. The third kappa shape index (κ3) is 9.70. The number of nitrogens with zero attached hydrogens (tertiary/aromatic N) is 1. The van der Waals surface area contributed by atoms with Crippen LogP contribution >= 0.6 is 0 Å². The van der Waals surface area contributed by atoms with E-state index < -0.39 is 11.7 Å². The number of alkyl halides is 3. The molecular weight excluding hydrogens is 1020 g/mol. The average Bonchev–Trinajstić information content (AvgIpc) is 3.69. The average molecular weight is 1080 g/mol. The molecule has 0 aliphatic heterocycles. The maximum Gasteiger partial charge on any atom is 0.418 e. The number of fused-ring (bicyclic) bond motifs is 11. The minimum absolute atomic E-state index is 0. The van der Waals surface area contributed by atoms with Gasteiger partial charge in [-0.3, -0.25) is 9.78 Å². The fraction of sp³-hybridized carbons (Fsp3) is 0.254. The Labute approximate surface area is 405 Å². The van der Waals surface area contributed by atoms with E-state index in [1.807, 2.05) is 100 Å². The summed E-state index contributed by atoms with van der Waals surface area (Å²) in [7, 11) is 0. The molecule has 345 valence electrons. The number of aliphatic hydroxyl groups is 1. The molecule has 0 saturated heterocycles. The normalized spacial score (nSPS) is 12.3. The van der Waals surface area contributed by atoms with Crippen LogP contribution in [0.1, 0.15) is 85.3 Å². The maximum atomic E-state index is 14.7. The van der Waals surface area contributed by atoms with Crippen LogP contribution in [0.3, 0.4) is 0 Å². The Morgan fingerprint density at radius 1 is 0.657 bits per heavy atom. The number of hydrogen-bond donors (Lipinski definition) is 1. The first-order chi connectivity index (χ1) is 31.7. The number of benzene rings is 6. The number of aromatic nitrogens is 1. The monoisotopic (exact) mass is 1080 g/mol. The van der Waals surface area contributed by atoms with Gasteiger partial charge in [-0.2, -0.15) is 13.2 Å². The van der Waals surface area contributed by atoms with E-state index in [0.29, 0.717) is 28.2 Å². The van der Waals surface area contributed by atoms with Crippen molar-refractivity contribution in [1.82, 2.24) is 4.98 Å². The largest absolute Gasteiger partial charge is 0.512 e. The van der Waals surface area contributed by atoms with Crippen molar-refractivity contribution in [3.63, 3.8) is 0 Å². The van der Waals surface area contributed by atoms with Gasteiger partial charge in [0.1, 0.15) is 11.3 Å². The van der Waals surface area contributed by atoms with Crippen molar-refractivity contribution in [1.29, 1.82) is 0 Å². The second-order valence-electron chi connectivity index (χ2n) is 18.2. The Hall–Kier alpha value is -6.08. The van der Waals surface area contributed by atoms with E-state index in [9.17, 15) is 23.1 Å². The SMILES string of the molecule is CC(C)(C)c1cc(-c2cc(-c3ccc4c5c(oc4c3)-c3ccccc3-c3ccccc3-c3ccccc3-5)c(C(F)(F)F)cn2)[c-]c2ccccc12.CCC(CC)C(=O)/C=C(\O)C(CC)CC.[Ir]. The van der Waals surface area contributed by atoms with Crippen molar-refractivity contribution < 1.29 is 47.6 Å². The van der Waals surface area contributed by atoms with Crippen LogP contribution in [0.25, 0.3) is 88.8 Å². The van der Waals surface area contributed by atoms with Crippen molar-refractivity contribution in [2.24, 2.45) is 11.8 Å². The standard InChI is InChI=1S/C46H31F3NO.C13H24O2.Ir/c1-45(2,3)39-23-29(22-27-12-4-5-13-30(27)39)41-25-38(40(26-50-41)46(47,48)49)28-20-21-37-42(24-28)51-44-36-19-11-9-17-34(36)32-15-7-6-14-31(32)33-16-8-10-18-35(33)43(37)44;1-5-10(6-2)12(14)9-13(15)11(7-3)8-4;/h4-21,23-26H,1-3H3;9-11,14H,5-8H2,1-4H3;/q-1;;/b;12-9-;. The summed E-state index contributed by atoms with van der Waals surface area (Å²) in [6.07, 6.45) is 1.23. The van der Waals surface area contributed by atoms with Crippen molar-refractivity contribution >= 4 is 27.5 Å². The van der Waals surface area contributed by atoms with Crippen molar-refractivity contribution in [3.8, 4) is 67.1 Å². The van der Waals surface area contributed by atoms with Crippen LogP contribution in [0.2, 0.25) is 0 Å². The predicted molar refractivity (Wildman–Crippen MR) is 264 cm³/mol. The van der Waals surface area contributed by atoms with Crippen LogP contribution in [-0.2, 0) is 36.5 Å². The molecule has 2 aromatic heterocycles. The topological polar surface area (TPSA) is 63.3 Å². The Balaban J connectivity index is 0.000000361. The van der Waals surface area contributed by atoms with Gasteiger partial charge in [0.15, 0.2) is 5.78 Å². The van der Waals surface area contributed by atoms with Gasteiger partial charge in [0.05, 0.1) is 11.3 Å². The second-order valence-corrected chi connectivity index (χ2v) is 18.2. The molecule has 0 amide bonds. The van der Waals surface area contributed by atoms with Gasteiger partial charge in [0.2, 0.25) is 0 Å². The molecule has 1 aliphatic carbocycles. The number of furan rings is 1. The summed E-state index contributed by atoms with van der Waals surface area (Å²) in [5, 5.41) is 12.5. The van der Waals surface area contributed by atoms with Gasteiger partial charge in [-0.1, -0.05) is 163 Å². The van der Waals surface area contributed by atoms with Crippen LogP contribution in [0.5, 0.6) is 0 Å². The number of ketones is 1. The third-order valence-electron chi connectivity index (χ3n) is 13.0. The Morgan fingerprint density at radius 3 is 1.78 bits per heavy atom. The third-order valence-corrected chi connectivity index (χ3v) is 13.0. The van der Waals surface area contributed by atoms with Crippen molar-refractivity contribution in [2.75, 3.05) is 0 Å². The van der Waals surface area contributed by atoms with Crippen LogP contribution in [-0.4, -0.2) is 15.9 Å². The number of aliphatic hydroxyl groups excluding tert-OH is 1. The van der Waals surface area contributed by atoms with E-state index in [1.54, 1.807) is 12.1 Å². The molecule has 1 radical (unpaired) electrons. The van der Waals surface area contributed by atoms with Gasteiger partial charge >= 0.3 is 6.18 Å². The molecule has 8 aromatic rings. The molecule has 0 bridgehead atoms. The number of halogens is 3. The van der Waals surface area contributed by atoms with Crippen LogP contribution < -0.4 is 0 Å². The molecule has 4 nitrogen and oxygen atoms in total. The number of hydrogen-bond acceptors (Lipinski definition) is 4. The summed E-state index contributed by atoms with van der Waals surface area (Å²) in [5.41, 5.74) is 9.19. The zero-order chi connectivity index (χ0) is 46.9. The first-order valence-corrected chi connectivity index (χ1v) is 23.0. The zero-order valence-corrected chi connectivity index (χ0v) is 41.3. The van der Waals surface area contributed by atoms with E-state index in [0.717, 1.165) is 92.5 Å². The molecule has 0 saturated carbocycles. The number of allylic oxidation sites excluding steroid dienone is 2. The summed E-state index contributed by atoms with van der Waals surface area (Å²) in [6.45, 7) is 14.5. The Bertz CT molecular complexity index is 3110. The molecular formula is C59H55F3IrNO3-. The molecule has 1 N–H and O–H groups in total. The van der Waals surface area contributed by atoms with Gasteiger partial charge in [0, 0.05) is 66.4 Å². The Morgan fingerprint density at radius 2 is 1.19 bits per heavy atom. The summed E-state index contributed by atoms with van der Waals surface area (Å²) in [6, 6.07) is 45.0. The first-order valence-electron chi connectivity index (χ1n) is 23.0. The van der Waals surface area contributed by atoms with E-state index >= 15 is 0 Å². The number of carbonyl (C=O) groups is 1. The second kappa shape index (κ2) is 20.0. The predicted octanol–water partition coefficient (Wildman–Crippen LogP) is 17.3.